The van der Waals surface area contributed by atoms with E-state index in [1.807, 2.05) is 37.4 Å². The number of aromatic amines is 1. The van der Waals surface area contributed by atoms with Crippen LogP contribution in [0, 0.1) is 0 Å². The number of fused-ring (bicyclic) bond motifs is 1. The predicted octanol–water partition coefficient (Wildman–Crippen LogP) is 5.61. The van der Waals surface area contributed by atoms with Gasteiger partial charge in [0.2, 0.25) is 0 Å². The molecule has 6 nitrogen and oxygen atoms in total. The minimum Gasteiger partial charge on any atom is -0.344 e. The lowest BCUT2D eigenvalue weighted by Gasteiger charge is -2.09. The van der Waals surface area contributed by atoms with Crippen molar-refractivity contribution in [3.63, 3.8) is 0 Å². The molecule has 0 atom stereocenters. The second kappa shape index (κ2) is 8.72. The summed E-state index contributed by atoms with van der Waals surface area (Å²) >= 11 is 0. The Morgan fingerprint density at radius 2 is 1.81 bits per heavy atom. The molecule has 2 aromatic heterocycles. The number of hydrogen-bond acceptors (Lipinski definition) is 3. The highest BCUT2D eigenvalue weighted by atomic mass is 19.4. The van der Waals surface area contributed by atoms with Crippen LogP contribution < -0.4 is 16.0 Å². The normalized spacial score (nSPS) is 11.5. The number of pyridine rings is 1. The summed E-state index contributed by atoms with van der Waals surface area (Å²) in [4.78, 5) is 20.0. The minimum absolute atomic E-state index is 0.247. The predicted molar refractivity (Wildman–Crippen MR) is 118 cm³/mol. The Balaban J connectivity index is 1.48. The number of urea groups is 1. The van der Waals surface area contributed by atoms with Crippen LogP contribution in [0.5, 0.6) is 0 Å². The SMILES string of the molecule is CNCc1cccc(-c2ccc3c(NC(=O)Nc4ccc(C(F)(F)F)cc4)c[nH]c3n2)c1. The zero-order valence-corrected chi connectivity index (χ0v) is 17.0. The first-order valence-electron chi connectivity index (χ1n) is 9.81. The lowest BCUT2D eigenvalue weighted by molar-refractivity contribution is -0.137. The van der Waals surface area contributed by atoms with Crippen LogP contribution in [0.1, 0.15) is 11.1 Å². The molecule has 0 fully saturated rings. The van der Waals surface area contributed by atoms with Crippen molar-refractivity contribution in [2.75, 3.05) is 17.7 Å². The molecule has 0 radical (unpaired) electrons. The molecule has 0 aliphatic carbocycles. The number of amides is 2. The van der Waals surface area contributed by atoms with E-state index in [-0.39, 0.29) is 5.69 Å². The zero-order chi connectivity index (χ0) is 22.7. The number of alkyl halides is 3. The maximum Gasteiger partial charge on any atom is 0.416 e. The fourth-order valence-electron chi connectivity index (χ4n) is 3.34. The van der Waals surface area contributed by atoms with Crippen molar-refractivity contribution in [3.8, 4) is 11.3 Å². The summed E-state index contributed by atoms with van der Waals surface area (Å²) in [7, 11) is 1.89. The van der Waals surface area contributed by atoms with Gasteiger partial charge in [-0.15, -0.1) is 0 Å². The molecule has 2 heterocycles. The molecule has 4 N–H and O–H groups in total. The number of rotatable bonds is 5. The first-order chi connectivity index (χ1) is 15.3. The maximum atomic E-state index is 12.7. The van der Waals surface area contributed by atoms with Crippen molar-refractivity contribution in [2.45, 2.75) is 12.7 Å². The molecule has 4 aromatic rings. The molecule has 2 amide bonds. The number of H-pyrrole nitrogens is 1. The standard InChI is InChI=1S/C23H20F3N5O/c1-27-12-14-3-2-4-15(11-14)19-10-9-18-20(13-28-21(18)30-19)31-22(32)29-17-7-5-16(6-8-17)23(24,25)26/h2-11,13,27H,12H2,1H3,(H,28,30)(H2,29,31,32). The van der Waals surface area contributed by atoms with Gasteiger partial charge in [-0.05, 0) is 55.1 Å². The number of nitrogens with one attached hydrogen (secondary N) is 4. The molecule has 9 heteroatoms. The van der Waals surface area contributed by atoms with Crippen LogP contribution in [-0.2, 0) is 12.7 Å². The third-order valence-corrected chi connectivity index (χ3v) is 4.86. The monoisotopic (exact) mass is 439 g/mol. The molecule has 164 valence electrons. The maximum absolute atomic E-state index is 12.7. The van der Waals surface area contributed by atoms with Gasteiger partial charge in [0.15, 0.2) is 0 Å². The van der Waals surface area contributed by atoms with Gasteiger partial charge >= 0.3 is 12.2 Å². The molecule has 0 spiro atoms. The van der Waals surface area contributed by atoms with Crippen molar-refractivity contribution < 1.29 is 18.0 Å². The first-order valence-corrected chi connectivity index (χ1v) is 9.81. The molecule has 0 saturated carbocycles. The number of aromatic nitrogens is 2. The van der Waals surface area contributed by atoms with Crippen LogP contribution in [0.3, 0.4) is 0 Å². The summed E-state index contributed by atoms with van der Waals surface area (Å²) in [6, 6.07) is 15.4. The van der Waals surface area contributed by atoms with Gasteiger partial charge < -0.3 is 20.9 Å². The van der Waals surface area contributed by atoms with Gasteiger partial charge in [0.1, 0.15) is 5.65 Å². The summed E-state index contributed by atoms with van der Waals surface area (Å²) < 4.78 is 38.0. The lowest BCUT2D eigenvalue weighted by Crippen LogP contribution is -2.19. The Morgan fingerprint density at radius 1 is 1.03 bits per heavy atom. The molecule has 0 aliphatic rings. The molecule has 0 aliphatic heterocycles. The topological polar surface area (TPSA) is 81.8 Å². The van der Waals surface area contributed by atoms with E-state index in [1.54, 1.807) is 6.20 Å². The number of nitrogens with zero attached hydrogens (tertiary/aromatic N) is 1. The average Bonchev–Trinajstić information content (AvgIpc) is 3.16. The van der Waals surface area contributed by atoms with Crippen LogP contribution in [0.15, 0.2) is 66.9 Å². The van der Waals surface area contributed by atoms with Crippen molar-refractivity contribution >= 4 is 28.4 Å². The van der Waals surface area contributed by atoms with Gasteiger partial charge in [-0.25, -0.2) is 9.78 Å². The van der Waals surface area contributed by atoms with E-state index in [0.717, 1.165) is 35.5 Å². The Morgan fingerprint density at radius 3 is 2.53 bits per heavy atom. The summed E-state index contributed by atoms with van der Waals surface area (Å²) in [6.07, 6.45) is -2.81. The molecule has 4 rings (SSSR count). The molecule has 0 saturated heterocycles. The fraction of sp³-hybridized carbons (Fsp3) is 0.130. The number of carbonyl (C=O) groups is 1. The highest BCUT2D eigenvalue weighted by molar-refractivity contribution is 6.05. The van der Waals surface area contributed by atoms with Crippen LogP contribution in [0.2, 0.25) is 0 Å². The smallest absolute Gasteiger partial charge is 0.344 e. The summed E-state index contributed by atoms with van der Waals surface area (Å²) in [6.45, 7) is 0.751. The fourth-order valence-corrected chi connectivity index (χ4v) is 3.34. The van der Waals surface area contributed by atoms with Crippen molar-refractivity contribution in [1.29, 1.82) is 0 Å². The second-order valence-electron chi connectivity index (χ2n) is 7.18. The second-order valence-corrected chi connectivity index (χ2v) is 7.18. The minimum atomic E-state index is -4.43. The van der Waals surface area contributed by atoms with Gasteiger partial charge in [-0.3, -0.25) is 0 Å². The van der Waals surface area contributed by atoms with Gasteiger partial charge in [-0.1, -0.05) is 18.2 Å². The van der Waals surface area contributed by atoms with Crippen LogP contribution in [0.25, 0.3) is 22.3 Å². The van der Waals surface area contributed by atoms with E-state index in [4.69, 9.17) is 0 Å². The number of anilines is 2. The van der Waals surface area contributed by atoms with Gasteiger partial charge in [0.05, 0.1) is 16.9 Å². The van der Waals surface area contributed by atoms with Crippen LogP contribution in [-0.4, -0.2) is 23.0 Å². The zero-order valence-electron chi connectivity index (χ0n) is 17.0. The van der Waals surface area contributed by atoms with E-state index in [1.165, 1.54) is 12.1 Å². The lowest BCUT2D eigenvalue weighted by atomic mass is 10.1. The average molecular weight is 439 g/mol. The molecular formula is C23H20F3N5O. The third-order valence-electron chi connectivity index (χ3n) is 4.86. The molecule has 2 aromatic carbocycles. The molecule has 32 heavy (non-hydrogen) atoms. The largest absolute Gasteiger partial charge is 0.416 e. The van der Waals surface area contributed by atoms with Gasteiger partial charge in [0, 0.05) is 29.4 Å². The first kappa shape index (κ1) is 21.4. The van der Waals surface area contributed by atoms with Crippen molar-refractivity contribution in [2.24, 2.45) is 0 Å². The van der Waals surface area contributed by atoms with E-state index < -0.39 is 17.8 Å². The Kier molecular flexibility index (Phi) is 5.83. The van der Waals surface area contributed by atoms with Crippen LogP contribution >= 0.6 is 0 Å². The quantitative estimate of drug-likeness (QED) is 0.326. The highest BCUT2D eigenvalue weighted by Gasteiger charge is 2.30. The van der Waals surface area contributed by atoms with Gasteiger partial charge in [-0.2, -0.15) is 13.2 Å². The van der Waals surface area contributed by atoms with E-state index in [9.17, 15) is 18.0 Å². The van der Waals surface area contributed by atoms with E-state index in [2.05, 4.69) is 32.0 Å². The molecule has 0 bridgehead atoms. The number of carbonyl (C=O) groups excluding carboxylic acids is 1. The molecular weight excluding hydrogens is 419 g/mol. The third kappa shape index (κ3) is 4.73. The number of halogens is 3. The Bertz CT molecular complexity index is 1250. The van der Waals surface area contributed by atoms with Crippen molar-refractivity contribution in [3.05, 3.63) is 78.0 Å². The van der Waals surface area contributed by atoms with Crippen molar-refractivity contribution in [1.82, 2.24) is 15.3 Å². The Hall–Kier alpha value is -3.85. The van der Waals surface area contributed by atoms with E-state index >= 15 is 0 Å². The van der Waals surface area contributed by atoms with Gasteiger partial charge in [0.25, 0.3) is 0 Å². The number of hydrogen-bond donors (Lipinski definition) is 4. The number of benzene rings is 2. The van der Waals surface area contributed by atoms with Crippen LogP contribution in [0.4, 0.5) is 29.3 Å². The molecule has 0 unspecified atom stereocenters. The Labute approximate surface area is 181 Å². The summed E-state index contributed by atoms with van der Waals surface area (Å²) in [5.41, 5.74) is 3.48. The summed E-state index contributed by atoms with van der Waals surface area (Å²) in [5.74, 6) is 0. The van der Waals surface area contributed by atoms with E-state index in [0.29, 0.717) is 16.7 Å². The summed E-state index contributed by atoms with van der Waals surface area (Å²) in [5, 5.41) is 9.04. The highest BCUT2D eigenvalue weighted by Crippen LogP contribution is 2.30.